The van der Waals surface area contributed by atoms with Gasteiger partial charge in [-0.25, -0.2) is 4.79 Å². The summed E-state index contributed by atoms with van der Waals surface area (Å²) in [6, 6.07) is 4.27. The Morgan fingerprint density at radius 1 is 1.50 bits per heavy atom. The van der Waals surface area contributed by atoms with E-state index >= 15 is 0 Å². The molecule has 0 spiro atoms. The van der Waals surface area contributed by atoms with Gasteiger partial charge in [-0.2, -0.15) is 0 Å². The van der Waals surface area contributed by atoms with E-state index in [1.165, 1.54) is 13.1 Å². The van der Waals surface area contributed by atoms with Gasteiger partial charge >= 0.3 is 6.03 Å². The molecule has 0 aromatic heterocycles. The molecule has 0 bridgehead atoms. The molecular formula is C9H9ClN2O2. The van der Waals surface area contributed by atoms with E-state index in [2.05, 4.69) is 10.6 Å². The molecule has 0 aliphatic heterocycles. The molecule has 14 heavy (non-hydrogen) atoms. The van der Waals surface area contributed by atoms with Gasteiger partial charge in [0.05, 0.1) is 10.7 Å². The van der Waals surface area contributed by atoms with E-state index in [-0.39, 0.29) is 6.03 Å². The first-order valence-corrected chi connectivity index (χ1v) is 4.28. The minimum Gasteiger partial charge on any atom is -0.341 e. The highest BCUT2D eigenvalue weighted by Gasteiger charge is 2.03. The number of urea groups is 1. The highest BCUT2D eigenvalue weighted by Crippen LogP contribution is 2.22. The zero-order valence-corrected chi connectivity index (χ0v) is 8.26. The third-order valence-corrected chi connectivity index (χ3v) is 1.92. The summed E-state index contributed by atoms with van der Waals surface area (Å²) < 4.78 is 0. The Bertz CT molecular complexity index is 366. The van der Waals surface area contributed by atoms with E-state index in [0.717, 1.165) is 0 Å². The molecule has 0 aliphatic carbocycles. The number of benzene rings is 1. The van der Waals surface area contributed by atoms with Crippen LogP contribution in [-0.4, -0.2) is 19.4 Å². The van der Waals surface area contributed by atoms with Crippen LogP contribution in [0, 0.1) is 0 Å². The fourth-order valence-electron chi connectivity index (χ4n) is 0.891. The molecule has 0 heterocycles. The predicted octanol–water partition coefficient (Wildman–Crippen LogP) is 1.90. The van der Waals surface area contributed by atoms with E-state index in [9.17, 15) is 9.59 Å². The number of halogens is 1. The van der Waals surface area contributed by atoms with Crippen molar-refractivity contribution in [1.29, 1.82) is 0 Å². The van der Waals surface area contributed by atoms with Crippen molar-refractivity contribution in [2.45, 2.75) is 0 Å². The van der Waals surface area contributed by atoms with Crippen molar-refractivity contribution in [3.8, 4) is 0 Å². The van der Waals surface area contributed by atoms with Crippen LogP contribution in [0.2, 0.25) is 5.02 Å². The van der Waals surface area contributed by atoms with Gasteiger partial charge in [-0.3, -0.25) is 4.79 Å². The van der Waals surface area contributed by atoms with Crippen LogP contribution < -0.4 is 10.6 Å². The number of nitrogens with one attached hydrogen (secondary N) is 2. The number of hydrogen-bond donors (Lipinski definition) is 2. The molecule has 0 saturated heterocycles. The number of hydrogen-bond acceptors (Lipinski definition) is 2. The molecule has 2 amide bonds. The van der Waals surface area contributed by atoms with Crippen molar-refractivity contribution in [3.05, 3.63) is 28.8 Å². The van der Waals surface area contributed by atoms with Crippen molar-refractivity contribution in [2.24, 2.45) is 0 Å². The van der Waals surface area contributed by atoms with E-state index in [4.69, 9.17) is 11.6 Å². The number of carbonyl (C=O) groups excluding carboxylic acids is 2. The fraction of sp³-hybridized carbons (Fsp3) is 0.111. The zero-order valence-electron chi connectivity index (χ0n) is 7.50. The van der Waals surface area contributed by atoms with Gasteiger partial charge in [-0.05, 0) is 18.2 Å². The molecule has 0 aliphatic rings. The number of rotatable bonds is 2. The third kappa shape index (κ3) is 2.47. The Hall–Kier alpha value is -1.55. The summed E-state index contributed by atoms with van der Waals surface area (Å²) in [5, 5.41) is 5.24. The number of carbonyl (C=O) groups is 2. The monoisotopic (exact) mass is 212 g/mol. The molecule has 0 unspecified atom stereocenters. The van der Waals surface area contributed by atoms with Crippen LogP contribution in [0.4, 0.5) is 10.5 Å². The van der Waals surface area contributed by atoms with Crippen molar-refractivity contribution < 1.29 is 9.59 Å². The summed E-state index contributed by atoms with van der Waals surface area (Å²) in [5.74, 6) is 0. The van der Waals surface area contributed by atoms with Crippen molar-refractivity contribution in [2.75, 3.05) is 12.4 Å². The molecule has 0 saturated carbocycles. The third-order valence-electron chi connectivity index (χ3n) is 1.60. The van der Waals surface area contributed by atoms with E-state index in [1.54, 1.807) is 12.1 Å². The van der Waals surface area contributed by atoms with Gasteiger partial charge in [-0.1, -0.05) is 11.6 Å². The first-order valence-electron chi connectivity index (χ1n) is 3.91. The van der Waals surface area contributed by atoms with Gasteiger partial charge in [0, 0.05) is 12.6 Å². The first-order chi connectivity index (χ1) is 6.67. The largest absolute Gasteiger partial charge is 0.341 e. The smallest absolute Gasteiger partial charge is 0.319 e. The molecule has 0 fully saturated rings. The molecule has 2 N–H and O–H groups in total. The lowest BCUT2D eigenvalue weighted by atomic mass is 10.2. The van der Waals surface area contributed by atoms with Crippen molar-refractivity contribution in [1.82, 2.24) is 5.32 Å². The van der Waals surface area contributed by atoms with Crippen molar-refractivity contribution >= 4 is 29.6 Å². The molecule has 74 valence electrons. The van der Waals surface area contributed by atoms with Crippen LogP contribution in [0.5, 0.6) is 0 Å². The first kappa shape index (κ1) is 10.5. The normalized spacial score (nSPS) is 9.29. The SMILES string of the molecule is CNC(=O)Nc1ccc(C=O)cc1Cl. The lowest BCUT2D eigenvalue weighted by Crippen LogP contribution is -2.24. The van der Waals surface area contributed by atoms with Gasteiger partial charge in [0.25, 0.3) is 0 Å². The van der Waals surface area contributed by atoms with Gasteiger partial charge in [0.1, 0.15) is 6.29 Å². The molecular weight excluding hydrogens is 204 g/mol. The summed E-state index contributed by atoms with van der Waals surface area (Å²) in [5.41, 5.74) is 0.939. The summed E-state index contributed by atoms with van der Waals surface area (Å²) in [6.45, 7) is 0. The van der Waals surface area contributed by atoms with E-state index in [1.807, 2.05) is 0 Å². The van der Waals surface area contributed by atoms with Gasteiger partial charge in [-0.15, -0.1) is 0 Å². The average Bonchev–Trinajstić information content (AvgIpc) is 2.20. The standard InChI is InChI=1S/C9H9ClN2O2/c1-11-9(14)12-8-3-2-6(5-13)4-7(8)10/h2-5H,1H3,(H2,11,12,14). The summed E-state index contributed by atoms with van der Waals surface area (Å²) in [6.07, 6.45) is 0.690. The number of amides is 2. The second-order valence-electron chi connectivity index (χ2n) is 2.56. The second-order valence-corrected chi connectivity index (χ2v) is 2.97. The van der Waals surface area contributed by atoms with Crippen LogP contribution in [0.25, 0.3) is 0 Å². The van der Waals surface area contributed by atoms with Crippen LogP contribution in [-0.2, 0) is 0 Å². The molecule has 0 radical (unpaired) electrons. The van der Waals surface area contributed by atoms with Gasteiger partial charge in [0.2, 0.25) is 0 Å². The molecule has 5 heteroatoms. The minimum atomic E-state index is -0.356. The van der Waals surface area contributed by atoms with Gasteiger partial charge in [0.15, 0.2) is 0 Å². The van der Waals surface area contributed by atoms with Crippen LogP contribution in [0.3, 0.4) is 0 Å². The second kappa shape index (κ2) is 4.62. The minimum absolute atomic E-state index is 0.332. The molecule has 1 aromatic carbocycles. The Balaban J connectivity index is 2.89. The summed E-state index contributed by atoms with van der Waals surface area (Å²) >= 11 is 5.81. The number of aldehydes is 1. The lowest BCUT2D eigenvalue weighted by Gasteiger charge is -2.06. The maximum Gasteiger partial charge on any atom is 0.319 e. The maximum atomic E-state index is 10.9. The Kier molecular flexibility index (Phi) is 3.48. The predicted molar refractivity (Wildman–Crippen MR) is 54.9 cm³/mol. The lowest BCUT2D eigenvalue weighted by molar-refractivity contribution is 0.112. The fourth-order valence-corrected chi connectivity index (χ4v) is 1.13. The van der Waals surface area contributed by atoms with Crippen LogP contribution >= 0.6 is 11.6 Å². The topological polar surface area (TPSA) is 58.2 Å². The van der Waals surface area contributed by atoms with Gasteiger partial charge < -0.3 is 10.6 Å². The summed E-state index contributed by atoms with van der Waals surface area (Å²) in [7, 11) is 1.50. The molecule has 1 aromatic rings. The van der Waals surface area contributed by atoms with Crippen LogP contribution in [0.15, 0.2) is 18.2 Å². The van der Waals surface area contributed by atoms with E-state index < -0.39 is 0 Å². The van der Waals surface area contributed by atoms with Crippen LogP contribution in [0.1, 0.15) is 10.4 Å². The Morgan fingerprint density at radius 3 is 2.71 bits per heavy atom. The summed E-state index contributed by atoms with van der Waals surface area (Å²) in [4.78, 5) is 21.3. The number of anilines is 1. The quantitative estimate of drug-likeness (QED) is 0.736. The highest BCUT2D eigenvalue weighted by molar-refractivity contribution is 6.34. The maximum absolute atomic E-state index is 10.9. The highest BCUT2D eigenvalue weighted by atomic mass is 35.5. The zero-order chi connectivity index (χ0) is 10.6. The average molecular weight is 213 g/mol. The molecule has 0 atom stereocenters. The Labute approximate surface area is 86.3 Å². The molecule has 4 nitrogen and oxygen atoms in total. The van der Waals surface area contributed by atoms with Crippen molar-refractivity contribution in [3.63, 3.8) is 0 Å². The Morgan fingerprint density at radius 2 is 2.21 bits per heavy atom. The molecule has 1 rings (SSSR count). The van der Waals surface area contributed by atoms with E-state index in [0.29, 0.717) is 22.6 Å².